The van der Waals surface area contributed by atoms with Gasteiger partial charge in [0, 0.05) is 4.90 Å². The average Bonchev–Trinajstić information content (AvgIpc) is 2.66. The summed E-state index contributed by atoms with van der Waals surface area (Å²) in [5, 5.41) is 5.30. The number of carbonyl (C=O) groups excluding carboxylic acids is 2. The van der Waals surface area contributed by atoms with Gasteiger partial charge < -0.3 is 10.1 Å². The minimum atomic E-state index is -0.447. The molecule has 6 heteroatoms. The fraction of sp³-hybridized carbons (Fsp3) is 0.100. The van der Waals surface area contributed by atoms with Crippen LogP contribution in [0.15, 0.2) is 71.6 Å². The van der Waals surface area contributed by atoms with Crippen molar-refractivity contribution in [3.05, 3.63) is 71.8 Å². The number of hydrogen-bond donors (Lipinski definition) is 1. The predicted molar refractivity (Wildman–Crippen MR) is 106 cm³/mol. The maximum absolute atomic E-state index is 11.9. The molecule has 0 aromatic heterocycles. The van der Waals surface area contributed by atoms with Crippen molar-refractivity contribution in [1.82, 2.24) is 0 Å². The number of benzene rings is 3. The van der Waals surface area contributed by atoms with Gasteiger partial charge in [-0.05, 0) is 35.0 Å². The highest BCUT2D eigenvalue weighted by atomic mass is 35.5. The number of halogens is 1. The lowest BCUT2D eigenvalue weighted by molar-refractivity contribution is -0.144. The van der Waals surface area contributed by atoms with E-state index in [1.54, 1.807) is 24.3 Å². The van der Waals surface area contributed by atoms with Crippen LogP contribution in [0.25, 0.3) is 10.8 Å². The smallest absolute Gasteiger partial charge is 0.316 e. The molecule has 0 aliphatic carbocycles. The summed E-state index contributed by atoms with van der Waals surface area (Å²) < 4.78 is 5.01. The molecule has 0 saturated heterocycles. The number of hydrogen-bond acceptors (Lipinski definition) is 4. The molecule has 1 N–H and O–H groups in total. The lowest BCUT2D eigenvalue weighted by atomic mass is 10.1. The molecule has 3 rings (SSSR count). The average molecular weight is 386 g/mol. The van der Waals surface area contributed by atoms with Crippen molar-refractivity contribution in [3.63, 3.8) is 0 Å². The quantitative estimate of drug-likeness (QED) is 0.490. The maximum Gasteiger partial charge on any atom is 0.316 e. The number of para-hydroxylation sites is 1. The number of amides is 1. The molecule has 0 bridgehead atoms. The molecule has 0 saturated carbocycles. The third kappa shape index (κ3) is 5.00. The second-order valence-corrected chi connectivity index (χ2v) is 6.94. The Morgan fingerprint density at radius 1 is 0.962 bits per heavy atom. The van der Waals surface area contributed by atoms with Crippen molar-refractivity contribution in [1.29, 1.82) is 0 Å². The third-order valence-electron chi connectivity index (χ3n) is 3.59. The van der Waals surface area contributed by atoms with Crippen molar-refractivity contribution in [3.8, 4) is 0 Å². The first-order chi connectivity index (χ1) is 12.6. The Balaban J connectivity index is 1.46. The van der Waals surface area contributed by atoms with Gasteiger partial charge >= 0.3 is 5.97 Å². The van der Waals surface area contributed by atoms with Gasteiger partial charge in [-0.3, -0.25) is 9.59 Å². The summed E-state index contributed by atoms with van der Waals surface area (Å²) >= 11 is 7.34. The highest BCUT2D eigenvalue weighted by molar-refractivity contribution is 8.00. The van der Waals surface area contributed by atoms with E-state index in [1.807, 2.05) is 42.5 Å². The summed E-state index contributed by atoms with van der Waals surface area (Å²) in [6.45, 7) is -0.345. The molecule has 0 aliphatic rings. The van der Waals surface area contributed by atoms with Gasteiger partial charge in [-0.1, -0.05) is 54.1 Å². The third-order valence-corrected chi connectivity index (χ3v) is 4.89. The summed E-state index contributed by atoms with van der Waals surface area (Å²) in [6, 6.07) is 20.9. The number of ether oxygens (including phenoxy) is 1. The molecule has 0 radical (unpaired) electrons. The number of carbonyl (C=O) groups is 2. The number of fused-ring (bicyclic) bond motifs is 1. The fourth-order valence-corrected chi connectivity index (χ4v) is 3.26. The highest BCUT2D eigenvalue weighted by Gasteiger charge is 2.10. The topological polar surface area (TPSA) is 55.4 Å². The molecule has 0 spiro atoms. The molecule has 4 nitrogen and oxygen atoms in total. The number of nitrogens with one attached hydrogen (secondary N) is 1. The van der Waals surface area contributed by atoms with Crippen LogP contribution in [0.3, 0.4) is 0 Å². The molecule has 132 valence electrons. The van der Waals surface area contributed by atoms with Crippen molar-refractivity contribution in [2.75, 3.05) is 17.7 Å². The van der Waals surface area contributed by atoms with E-state index in [2.05, 4.69) is 5.32 Å². The second kappa shape index (κ2) is 8.74. The summed E-state index contributed by atoms with van der Waals surface area (Å²) in [5.74, 6) is -0.739. The van der Waals surface area contributed by atoms with Gasteiger partial charge in [-0.25, -0.2) is 0 Å². The van der Waals surface area contributed by atoms with E-state index >= 15 is 0 Å². The molecule has 0 aliphatic heterocycles. The Hall–Kier alpha value is -2.50. The van der Waals surface area contributed by atoms with E-state index in [-0.39, 0.29) is 12.4 Å². The SMILES string of the molecule is O=C(COC(=O)CSc1ccc2ccccc2c1)Nc1ccccc1Cl. The number of thioether (sulfide) groups is 1. The molecule has 0 unspecified atom stereocenters. The van der Waals surface area contributed by atoms with Crippen LogP contribution in [0.5, 0.6) is 0 Å². The Bertz CT molecular complexity index is 945. The van der Waals surface area contributed by atoms with Crippen LogP contribution in [0.4, 0.5) is 5.69 Å². The Labute approximate surface area is 160 Å². The van der Waals surface area contributed by atoms with Crippen LogP contribution in [0.2, 0.25) is 5.02 Å². The Morgan fingerprint density at radius 3 is 2.50 bits per heavy atom. The van der Waals surface area contributed by atoms with Crippen molar-refractivity contribution in [2.45, 2.75) is 4.90 Å². The zero-order valence-electron chi connectivity index (χ0n) is 13.8. The lowest BCUT2D eigenvalue weighted by Gasteiger charge is -2.08. The molecule has 0 atom stereocenters. The number of esters is 1. The minimum Gasteiger partial charge on any atom is -0.455 e. The van der Waals surface area contributed by atoms with E-state index in [0.29, 0.717) is 10.7 Å². The van der Waals surface area contributed by atoms with Gasteiger partial charge in [0.2, 0.25) is 0 Å². The molecule has 3 aromatic carbocycles. The maximum atomic E-state index is 11.9. The molecule has 3 aromatic rings. The summed E-state index contributed by atoms with van der Waals surface area (Å²) in [6.07, 6.45) is 0. The molecule has 0 fully saturated rings. The molecular weight excluding hydrogens is 370 g/mol. The van der Waals surface area contributed by atoms with Crippen LogP contribution < -0.4 is 5.32 Å². The van der Waals surface area contributed by atoms with Gasteiger partial charge in [0.05, 0.1) is 16.5 Å². The first kappa shape index (κ1) is 18.3. The predicted octanol–water partition coefficient (Wildman–Crippen LogP) is 4.77. The summed E-state index contributed by atoms with van der Waals surface area (Å²) in [5.41, 5.74) is 0.487. The largest absolute Gasteiger partial charge is 0.455 e. The molecular formula is C20H16ClNO3S. The zero-order valence-corrected chi connectivity index (χ0v) is 15.3. The summed E-state index contributed by atoms with van der Waals surface area (Å²) in [4.78, 5) is 24.7. The van der Waals surface area contributed by atoms with Crippen molar-refractivity contribution >= 4 is 51.7 Å². The number of rotatable bonds is 6. The normalized spacial score (nSPS) is 10.5. The van der Waals surface area contributed by atoms with E-state index < -0.39 is 11.9 Å². The first-order valence-corrected chi connectivity index (χ1v) is 9.30. The van der Waals surface area contributed by atoms with Crippen LogP contribution in [-0.2, 0) is 14.3 Å². The monoisotopic (exact) mass is 385 g/mol. The van der Waals surface area contributed by atoms with E-state index in [0.717, 1.165) is 15.7 Å². The van der Waals surface area contributed by atoms with E-state index in [4.69, 9.17) is 16.3 Å². The standard InChI is InChI=1S/C20H16ClNO3S/c21-17-7-3-4-8-18(17)22-19(23)12-25-20(24)13-26-16-10-9-14-5-1-2-6-15(14)11-16/h1-11H,12-13H2,(H,22,23). The van der Waals surface area contributed by atoms with E-state index in [1.165, 1.54) is 11.8 Å². The van der Waals surface area contributed by atoms with E-state index in [9.17, 15) is 9.59 Å². The van der Waals surface area contributed by atoms with Gasteiger partial charge in [0.1, 0.15) is 0 Å². The Kier molecular flexibility index (Phi) is 6.15. The molecule has 1 amide bonds. The zero-order chi connectivity index (χ0) is 18.4. The molecule has 26 heavy (non-hydrogen) atoms. The van der Waals surface area contributed by atoms with Crippen LogP contribution in [0, 0.1) is 0 Å². The van der Waals surface area contributed by atoms with Gasteiger partial charge in [0.25, 0.3) is 5.91 Å². The van der Waals surface area contributed by atoms with Crippen molar-refractivity contribution in [2.24, 2.45) is 0 Å². The van der Waals surface area contributed by atoms with Gasteiger partial charge in [0.15, 0.2) is 6.61 Å². The Morgan fingerprint density at radius 2 is 1.69 bits per heavy atom. The van der Waals surface area contributed by atoms with Crippen LogP contribution in [0.1, 0.15) is 0 Å². The first-order valence-electron chi connectivity index (χ1n) is 7.93. The highest BCUT2D eigenvalue weighted by Crippen LogP contribution is 2.24. The molecule has 0 heterocycles. The van der Waals surface area contributed by atoms with Crippen LogP contribution >= 0.6 is 23.4 Å². The fourth-order valence-electron chi connectivity index (χ4n) is 2.34. The van der Waals surface area contributed by atoms with Gasteiger partial charge in [-0.15, -0.1) is 11.8 Å². The second-order valence-electron chi connectivity index (χ2n) is 5.49. The van der Waals surface area contributed by atoms with Crippen LogP contribution in [-0.4, -0.2) is 24.2 Å². The van der Waals surface area contributed by atoms with Gasteiger partial charge in [-0.2, -0.15) is 0 Å². The minimum absolute atomic E-state index is 0.137. The lowest BCUT2D eigenvalue weighted by Crippen LogP contribution is -2.21. The summed E-state index contributed by atoms with van der Waals surface area (Å²) in [7, 11) is 0. The number of anilines is 1. The van der Waals surface area contributed by atoms with Crippen molar-refractivity contribution < 1.29 is 14.3 Å².